The highest BCUT2D eigenvalue weighted by atomic mass is 32.2. The first kappa shape index (κ1) is 14.6. The van der Waals surface area contributed by atoms with Crippen molar-refractivity contribution in [2.24, 2.45) is 7.05 Å². The van der Waals surface area contributed by atoms with Gasteiger partial charge >= 0.3 is 0 Å². The van der Waals surface area contributed by atoms with Crippen molar-refractivity contribution < 1.29 is 12.8 Å². The van der Waals surface area contributed by atoms with Crippen molar-refractivity contribution in [1.29, 1.82) is 0 Å². The van der Waals surface area contributed by atoms with E-state index in [1.807, 2.05) is 7.05 Å². The second-order valence-corrected chi connectivity index (χ2v) is 7.66. The third-order valence-electron chi connectivity index (χ3n) is 3.31. The maximum Gasteiger partial charge on any atom is 0.276 e. The quantitative estimate of drug-likeness (QED) is 0.774. The number of aromatic nitrogens is 3. The first-order valence-electron chi connectivity index (χ1n) is 6.63. The van der Waals surface area contributed by atoms with Gasteiger partial charge < -0.3 is 8.98 Å². The van der Waals surface area contributed by atoms with E-state index < -0.39 is 10.0 Å². The number of thioether (sulfide) groups is 1. The van der Waals surface area contributed by atoms with Crippen molar-refractivity contribution in [2.75, 3.05) is 13.1 Å². The van der Waals surface area contributed by atoms with Crippen LogP contribution >= 0.6 is 11.8 Å². The SMILES string of the molecule is Cn1cnnc1SCc1ccc(S(=O)(=O)N2CCCC2)o1. The maximum absolute atomic E-state index is 12.3. The van der Waals surface area contributed by atoms with Crippen LogP contribution in [0.4, 0.5) is 0 Å². The van der Waals surface area contributed by atoms with Gasteiger partial charge in [0.1, 0.15) is 12.1 Å². The van der Waals surface area contributed by atoms with E-state index in [0.717, 1.165) is 18.0 Å². The summed E-state index contributed by atoms with van der Waals surface area (Å²) in [6.45, 7) is 1.15. The third-order valence-corrected chi connectivity index (χ3v) is 6.14. The molecule has 114 valence electrons. The summed E-state index contributed by atoms with van der Waals surface area (Å²) in [5.41, 5.74) is 0. The molecule has 2 aromatic rings. The molecule has 0 aromatic carbocycles. The molecule has 0 N–H and O–H groups in total. The van der Waals surface area contributed by atoms with Crippen LogP contribution < -0.4 is 0 Å². The van der Waals surface area contributed by atoms with Gasteiger partial charge in [0, 0.05) is 20.1 Å². The summed E-state index contributed by atoms with van der Waals surface area (Å²) in [6.07, 6.45) is 3.44. The van der Waals surface area contributed by atoms with Crippen LogP contribution in [0.1, 0.15) is 18.6 Å². The average molecular weight is 328 g/mol. The zero-order chi connectivity index (χ0) is 14.9. The van der Waals surface area contributed by atoms with Crippen LogP contribution in [0.3, 0.4) is 0 Å². The molecule has 1 aliphatic heterocycles. The minimum absolute atomic E-state index is 0.0259. The van der Waals surface area contributed by atoms with Crippen LogP contribution in [0.2, 0.25) is 0 Å². The van der Waals surface area contributed by atoms with Crippen molar-refractivity contribution in [1.82, 2.24) is 19.1 Å². The molecule has 0 bridgehead atoms. The van der Waals surface area contributed by atoms with Gasteiger partial charge in [-0.05, 0) is 25.0 Å². The molecule has 0 amide bonds. The van der Waals surface area contributed by atoms with Gasteiger partial charge in [-0.1, -0.05) is 11.8 Å². The highest BCUT2D eigenvalue weighted by Gasteiger charge is 2.29. The first-order valence-corrected chi connectivity index (χ1v) is 9.05. The molecule has 3 rings (SSSR count). The zero-order valence-corrected chi connectivity index (χ0v) is 13.2. The lowest BCUT2D eigenvalue weighted by Crippen LogP contribution is -2.27. The van der Waals surface area contributed by atoms with Crippen LogP contribution in [-0.4, -0.2) is 40.6 Å². The molecule has 1 fully saturated rings. The summed E-state index contributed by atoms with van der Waals surface area (Å²) in [5.74, 6) is 1.13. The highest BCUT2D eigenvalue weighted by molar-refractivity contribution is 7.98. The number of aryl methyl sites for hydroxylation is 1. The molecule has 9 heteroatoms. The predicted octanol–water partition coefficient (Wildman–Crippen LogP) is 1.48. The van der Waals surface area contributed by atoms with E-state index in [2.05, 4.69) is 10.2 Å². The summed E-state index contributed by atoms with van der Waals surface area (Å²) in [4.78, 5) is 0. The van der Waals surface area contributed by atoms with Crippen molar-refractivity contribution in [3.63, 3.8) is 0 Å². The number of hydrogen-bond donors (Lipinski definition) is 0. The minimum Gasteiger partial charge on any atom is -0.447 e. The summed E-state index contributed by atoms with van der Waals surface area (Å²) in [6, 6.07) is 3.23. The summed E-state index contributed by atoms with van der Waals surface area (Å²) < 4.78 is 33.4. The van der Waals surface area contributed by atoms with Gasteiger partial charge in [-0.25, -0.2) is 8.42 Å². The van der Waals surface area contributed by atoms with Crippen molar-refractivity contribution in [3.05, 3.63) is 24.2 Å². The van der Waals surface area contributed by atoms with Gasteiger partial charge in [0.25, 0.3) is 10.0 Å². The number of hydrogen-bond acceptors (Lipinski definition) is 6. The van der Waals surface area contributed by atoms with Crippen molar-refractivity contribution in [2.45, 2.75) is 28.8 Å². The van der Waals surface area contributed by atoms with E-state index in [1.165, 1.54) is 22.1 Å². The largest absolute Gasteiger partial charge is 0.447 e. The Bertz CT molecular complexity index is 716. The van der Waals surface area contributed by atoms with E-state index in [-0.39, 0.29) is 5.09 Å². The lowest BCUT2D eigenvalue weighted by molar-refractivity contribution is 0.397. The van der Waals surface area contributed by atoms with E-state index in [0.29, 0.717) is 24.6 Å². The number of nitrogens with zero attached hydrogens (tertiary/aromatic N) is 4. The van der Waals surface area contributed by atoms with E-state index >= 15 is 0 Å². The van der Waals surface area contributed by atoms with E-state index in [1.54, 1.807) is 17.0 Å². The standard InChI is InChI=1S/C12H16N4O3S2/c1-15-9-13-14-12(15)20-8-10-4-5-11(19-10)21(17,18)16-6-2-3-7-16/h4-5,9H,2-3,6-8H2,1H3. The Kier molecular flexibility index (Phi) is 4.05. The highest BCUT2D eigenvalue weighted by Crippen LogP contribution is 2.26. The van der Waals surface area contributed by atoms with E-state index in [4.69, 9.17) is 4.42 Å². The average Bonchev–Trinajstić information content (AvgIpc) is 3.19. The third kappa shape index (κ3) is 2.99. The molecule has 0 radical (unpaired) electrons. The minimum atomic E-state index is -3.47. The van der Waals surface area contributed by atoms with Crippen LogP contribution in [-0.2, 0) is 22.8 Å². The molecule has 0 spiro atoms. The molecule has 3 heterocycles. The number of rotatable bonds is 5. The molecule has 7 nitrogen and oxygen atoms in total. The van der Waals surface area contributed by atoms with Crippen LogP contribution in [0.25, 0.3) is 0 Å². The maximum atomic E-state index is 12.3. The second-order valence-electron chi connectivity index (χ2n) is 4.85. The smallest absolute Gasteiger partial charge is 0.276 e. The molecule has 21 heavy (non-hydrogen) atoms. The summed E-state index contributed by atoms with van der Waals surface area (Å²) >= 11 is 1.45. The monoisotopic (exact) mass is 328 g/mol. The van der Waals surface area contributed by atoms with Gasteiger partial charge in [-0.15, -0.1) is 10.2 Å². The Balaban J connectivity index is 1.70. The topological polar surface area (TPSA) is 81.2 Å². The lowest BCUT2D eigenvalue weighted by atomic mass is 10.4. The van der Waals surface area contributed by atoms with Crippen LogP contribution in [0.15, 0.2) is 33.1 Å². The molecule has 1 aliphatic rings. The normalized spacial score (nSPS) is 16.6. The Morgan fingerprint density at radius 1 is 1.33 bits per heavy atom. The Morgan fingerprint density at radius 3 is 2.76 bits per heavy atom. The number of sulfonamides is 1. The predicted molar refractivity (Wildman–Crippen MR) is 77.3 cm³/mol. The molecular weight excluding hydrogens is 312 g/mol. The molecule has 0 saturated carbocycles. The van der Waals surface area contributed by atoms with Gasteiger partial charge in [0.05, 0.1) is 5.75 Å². The van der Waals surface area contributed by atoms with Gasteiger partial charge in [-0.3, -0.25) is 0 Å². The fourth-order valence-electron chi connectivity index (χ4n) is 2.17. The van der Waals surface area contributed by atoms with Crippen LogP contribution in [0, 0.1) is 0 Å². The van der Waals surface area contributed by atoms with E-state index in [9.17, 15) is 8.42 Å². The molecule has 1 saturated heterocycles. The summed E-state index contributed by atoms with van der Waals surface area (Å²) in [5, 5.41) is 8.53. The second kappa shape index (κ2) is 5.82. The first-order chi connectivity index (χ1) is 10.1. The fourth-order valence-corrected chi connectivity index (χ4v) is 4.40. The molecule has 0 atom stereocenters. The van der Waals surface area contributed by atoms with Gasteiger partial charge in [-0.2, -0.15) is 4.31 Å². The van der Waals surface area contributed by atoms with Gasteiger partial charge in [0.2, 0.25) is 5.09 Å². The molecule has 0 aliphatic carbocycles. The lowest BCUT2D eigenvalue weighted by Gasteiger charge is -2.12. The van der Waals surface area contributed by atoms with Crippen LogP contribution in [0.5, 0.6) is 0 Å². The molecule has 0 unspecified atom stereocenters. The Labute approximate surface area is 127 Å². The van der Waals surface area contributed by atoms with Crippen molar-refractivity contribution in [3.8, 4) is 0 Å². The number of furan rings is 1. The Hall–Kier alpha value is -1.32. The zero-order valence-electron chi connectivity index (χ0n) is 11.6. The summed E-state index contributed by atoms with van der Waals surface area (Å²) in [7, 11) is -1.62. The Morgan fingerprint density at radius 2 is 2.10 bits per heavy atom. The fraction of sp³-hybridized carbons (Fsp3) is 0.500. The van der Waals surface area contributed by atoms with Gasteiger partial charge in [0.15, 0.2) is 5.16 Å². The molecular formula is C12H16N4O3S2. The van der Waals surface area contributed by atoms with Crippen molar-refractivity contribution >= 4 is 21.8 Å². The molecule has 2 aromatic heterocycles.